The van der Waals surface area contributed by atoms with Crippen molar-refractivity contribution in [2.45, 2.75) is 67.5 Å². The molecule has 4 nitrogen and oxygen atoms in total. The number of hydrogen-bond acceptors (Lipinski definition) is 2. The molecule has 0 rings (SSSR count). The maximum absolute atomic E-state index is 10.5. The minimum atomic E-state index is 0. The number of hydrogen-bond donors (Lipinski definition) is 2. The summed E-state index contributed by atoms with van der Waals surface area (Å²) >= 11 is 0. The van der Waals surface area contributed by atoms with Crippen LogP contribution in [0.5, 0.6) is 0 Å². The van der Waals surface area contributed by atoms with Gasteiger partial charge in [0.25, 0.3) is 0 Å². The molecule has 0 saturated heterocycles. The van der Waals surface area contributed by atoms with Gasteiger partial charge in [0.1, 0.15) is 0 Å². The monoisotopic (exact) mass is 232 g/mol. The third-order valence-electron chi connectivity index (χ3n) is 1.26. The van der Waals surface area contributed by atoms with Crippen LogP contribution in [0.25, 0.3) is 0 Å². The van der Waals surface area contributed by atoms with Crippen molar-refractivity contribution in [3.63, 3.8) is 0 Å². The Morgan fingerprint density at radius 3 is 1.44 bits per heavy atom. The van der Waals surface area contributed by atoms with Gasteiger partial charge < -0.3 is 10.6 Å². The second-order valence-corrected chi connectivity index (χ2v) is 3.93. The van der Waals surface area contributed by atoms with E-state index in [-0.39, 0.29) is 31.3 Å². The van der Waals surface area contributed by atoms with Crippen LogP contribution in [0, 0.1) is 0 Å². The average molecular weight is 232 g/mol. The normalized spacial score (nSPS) is 8.75. The van der Waals surface area contributed by atoms with E-state index in [9.17, 15) is 9.59 Å². The number of carbonyl (C=O) groups excluding carboxylic acids is 2. The molecule has 0 aromatic heterocycles. The first kappa shape index (κ1) is 20.4. The molecule has 0 unspecified atom stereocenters. The lowest BCUT2D eigenvalue weighted by Gasteiger charge is -2.04. The standard InChI is InChI=1S/C6H13NO.C5H11NO.CH4/c1-4-6(8)7-5(2)3;1-4(2)6-5(3)7;/h5H,4H2,1-3H3,(H,7,8);4H,1-3H3,(H,6,7);1H4. The van der Waals surface area contributed by atoms with Crippen molar-refractivity contribution in [1.29, 1.82) is 0 Å². The molecule has 2 N–H and O–H groups in total. The minimum Gasteiger partial charge on any atom is -0.354 e. The second-order valence-electron chi connectivity index (χ2n) is 3.93. The lowest BCUT2D eigenvalue weighted by molar-refractivity contribution is -0.121. The Labute approximate surface area is 100 Å². The molecular weight excluding hydrogens is 204 g/mol. The summed E-state index contributed by atoms with van der Waals surface area (Å²) in [6.07, 6.45) is 0.582. The van der Waals surface area contributed by atoms with E-state index in [1.165, 1.54) is 6.92 Å². The summed E-state index contributed by atoms with van der Waals surface area (Å²) in [5.41, 5.74) is 0. The summed E-state index contributed by atoms with van der Waals surface area (Å²) < 4.78 is 0. The Kier molecular flexibility index (Phi) is 15.3. The van der Waals surface area contributed by atoms with Crippen LogP contribution < -0.4 is 10.6 Å². The molecule has 0 aliphatic heterocycles. The van der Waals surface area contributed by atoms with Crippen molar-refractivity contribution < 1.29 is 9.59 Å². The summed E-state index contributed by atoms with van der Waals surface area (Å²) in [5.74, 6) is 0.162. The van der Waals surface area contributed by atoms with Crippen molar-refractivity contribution in [2.24, 2.45) is 0 Å². The Morgan fingerprint density at radius 2 is 1.38 bits per heavy atom. The van der Waals surface area contributed by atoms with Crippen molar-refractivity contribution in [3.05, 3.63) is 0 Å². The lowest BCUT2D eigenvalue weighted by Crippen LogP contribution is -2.29. The minimum absolute atomic E-state index is 0. The molecule has 0 spiro atoms. The Bertz CT molecular complexity index is 189. The first-order valence-corrected chi connectivity index (χ1v) is 5.36. The summed E-state index contributed by atoms with van der Waals surface area (Å²) in [7, 11) is 0. The van der Waals surface area contributed by atoms with E-state index in [4.69, 9.17) is 0 Å². The molecule has 16 heavy (non-hydrogen) atoms. The Hall–Kier alpha value is -1.06. The Balaban J connectivity index is -0.000000200. The van der Waals surface area contributed by atoms with Gasteiger partial charge in [0.2, 0.25) is 11.8 Å². The van der Waals surface area contributed by atoms with Crippen LogP contribution in [0.15, 0.2) is 0 Å². The number of carbonyl (C=O) groups is 2. The third-order valence-corrected chi connectivity index (χ3v) is 1.26. The van der Waals surface area contributed by atoms with Gasteiger partial charge in [0.15, 0.2) is 0 Å². The number of rotatable bonds is 3. The van der Waals surface area contributed by atoms with Gasteiger partial charge in [-0.15, -0.1) is 0 Å². The molecule has 0 fully saturated rings. The molecule has 0 atom stereocenters. The van der Waals surface area contributed by atoms with E-state index >= 15 is 0 Å². The first-order valence-electron chi connectivity index (χ1n) is 5.36. The summed E-state index contributed by atoms with van der Waals surface area (Å²) in [4.78, 5) is 20.7. The van der Waals surface area contributed by atoms with E-state index in [2.05, 4.69) is 10.6 Å². The fourth-order valence-corrected chi connectivity index (χ4v) is 0.831. The average Bonchev–Trinajstić information content (AvgIpc) is 2.01. The molecule has 2 amide bonds. The summed E-state index contributed by atoms with van der Waals surface area (Å²) in [6, 6.07) is 0.556. The van der Waals surface area contributed by atoms with Crippen LogP contribution in [0.1, 0.15) is 55.4 Å². The fraction of sp³-hybridized carbons (Fsp3) is 0.833. The van der Waals surface area contributed by atoms with Crippen molar-refractivity contribution in [1.82, 2.24) is 10.6 Å². The van der Waals surface area contributed by atoms with Crippen molar-refractivity contribution in [3.8, 4) is 0 Å². The zero-order chi connectivity index (χ0) is 12.4. The molecule has 0 saturated carbocycles. The highest BCUT2D eigenvalue weighted by Crippen LogP contribution is 1.79. The first-order chi connectivity index (χ1) is 6.79. The number of nitrogens with one attached hydrogen (secondary N) is 2. The van der Waals surface area contributed by atoms with Crippen LogP contribution in [0.2, 0.25) is 0 Å². The smallest absolute Gasteiger partial charge is 0.219 e. The third kappa shape index (κ3) is 23.1. The largest absolute Gasteiger partial charge is 0.354 e. The maximum Gasteiger partial charge on any atom is 0.219 e. The number of amides is 2. The summed E-state index contributed by atoms with van der Waals surface area (Å²) in [5, 5.41) is 5.42. The molecule has 0 bridgehead atoms. The van der Waals surface area contributed by atoms with Gasteiger partial charge in [0, 0.05) is 25.4 Å². The van der Waals surface area contributed by atoms with Crippen LogP contribution in [-0.4, -0.2) is 23.9 Å². The fourth-order valence-electron chi connectivity index (χ4n) is 0.831. The van der Waals surface area contributed by atoms with E-state index in [0.717, 1.165) is 0 Å². The molecule has 98 valence electrons. The van der Waals surface area contributed by atoms with E-state index in [0.29, 0.717) is 6.42 Å². The zero-order valence-corrected chi connectivity index (χ0v) is 10.7. The van der Waals surface area contributed by atoms with Gasteiger partial charge >= 0.3 is 0 Å². The van der Waals surface area contributed by atoms with E-state index in [1.807, 2.05) is 34.6 Å². The SMILES string of the molecule is C.CC(=O)NC(C)C.CCC(=O)NC(C)C. The molecule has 4 heteroatoms. The highest BCUT2D eigenvalue weighted by molar-refractivity contribution is 5.75. The van der Waals surface area contributed by atoms with E-state index in [1.54, 1.807) is 0 Å². The molecule has 0 aromatic carbocycles. The topological polar surface area (TPSA) is 58.2 Å². The molecule has 0 heterocycles. The zero-order valence-electron chi connectivity index (χ0n) is 10.7. The highest BCUT2D eigenvalue weighted by atomic mass is 16.2. The van der Waals surface area contributed by atoms with Gasteiger partial charge in [-0.2, -0.15) is 0 Å². The molecule has 0 aliphatic carbocycles. The second kappa shape index (κ2) is 12.0. The van der Waals surface area contributed by atoms with Gasteiger partial charge in [-0.05, 0) is 27.7 Å². The van der Waals surface area contributed by atoms with Gasteiger partial charge in [-0.25, -0.2) is 0 Å². The predicted molar refractivity (Wildman–Crippen MR) is 69.3 cm³/mol. The molecule has 0 aromatic rings. The van der Waals surface area contributed by atoms with Crippen LogP contribution in [0.4, 0.5) is 0 Å². The van der Waals surface area contributed by atoms with Crippen molar-refractivity contribution >= 4 is 11.8 Å². The van der Waals surface area contributed by atoms with E-state index < -0.39 is 0 Å². The van der Waals surface area contributed by atoms with Crippen LogP contribution in [-0.2, 0) is 9.59 Å². The van der Waals surface area contributed by atoms with Gasteiger partial charge in [-0.1, -0.05) is 14.4 Å². The van der Waals surface area contributed by atoms with Crippen LogP contribution in [0.3, 0.4) is 0 Å². The summed E-state index contributed by atoms with van der Waals surface area (Å²) in [6.45, 7) is 11.1. The lowest BCUT2D eigenvalue weighted by atomic mass is 10.3. The van der Waals surface area contributed by atoms with Crippen LogP contribution >= 0.6 is 0 Å². The van der Waals surface area contributed by atoms with Gasteiger partial charge in [-0.3, -0.25) is 9.59 Å². The van der Waals surface area contributed by atoms with Crippen molar-refractivity contribution in [2.75, 3.05) is 0 Å². The highest BCUT2D eigenvalue weighted by Gasteiger charge is 1.96. The molecule has 0 radical (unpaired) electrons. The predicted octanol–water partition coefficient (Wildman–Crippen LogP) is 2.09. The quantitative estimate of drug-likeness (QED) is 0.782. The molecular formula is C12H28N2O2. The Morgan fingerprint density at radius 1 is 1.00 bits per heavy atom. The maximum atomic E-state index is 10.5. The van der Waals surface area contributed by atoms with Gasteiger partial charge in [0.05, 0.1) is 0 Å². The molecule has 0 aliphatic rings.